The molecule has 5 nitrogen and oxygen atoms in total. The van der Waals surface area contributed by atoms with Gasteiger partial charge in [-0.3, -0.25) is 4.98 Å². The fourth-order valence-electron chi connectivity index (χ4n) is 2.73. The molecule has 6 heteroatoms. The van der Waals surface area contributed by atoms with Gasteiger partial charge in [0.05, 0.1) is 4.90 Å². The molecule has 1 aliphatic rings. The van der Waals surface area contributed by atoms with Gasteiger partial charge >= 0.3 is 0 Å². The highest BCUT2D eigenvalue weighted by atomic mass is 32.2. The van der Waals surface area contributed by atoms with Crippen LogP contribution in [-0.4, -0.2) is 33.0 Å². The minimum absolute atomic E-state index is 0.325. The Morgan fingerprint density at radius 1 is 1.33 bits per heavy atom. The lowest BCUT2D eigenvalue weighted by Crippen LogP contribution is -2.38. The number of piperidine rings is 1. The number of benzene rings is 1. The van der Waals surface area contributed by atoms with Gasteiger partial charge in [0.1, 0.15) is 0 Å². The van der Waals surface area contributed by atoms with Crippen molar-refractivity contribution in [3.8, 4) is 0 Å². The highest BCUT2D eigenvalue weighted by Gasteiger charge is 2.20. The Hall–Kier alpha value is -1.50. The summed E-state index contributed by atoms with van der Waals surface area (Å²) in [7, 11) is -3.49. The Balaban J connectivity index is 1.83. The zero-order valence-electron chi connectivity index (χ0n) is 11.7. The van der Waals surface area contributed by atoms with Gasteiger partial charge in [0.15, 0.2) is 0 Å². The Labute approximate surface area is 124 Å². The van der Waals surface area contributed by atoms with Gasteiger partial charge in [0.25, 0.3) is 0 Å². The molecule has 0 spiro atoms. The maximum atomic E-state index is 12.5. The zero-order valence-corrected chi connectivity index (χ0v) is 12.6. The van der Waals surface area contributed by atoms with E-state index in [0.29, 0.717) is 22.7 Å². The number of nitrogens with one attached hydrogen (secondary N) is 2. The van der Waals surface area contributed by atoms with Crippen molar-refractivity contribution in [1.29, 1.82) is 0 Å². The van der Waals surface area contributed by atoms with E-state index < -0.39 is 10.0 Å². The molecule has 0 amide bonds. The highest BCUT2D eigenvalue weighted by Crippen LogP contribution is 2.22. The van der Waals surface area contributed by atoms with Crippen molar-refractivity contribution < 1.29 is 8.42 Å². The summed E-state index contributed by atoms with van der Waals surface area (Å²) in [5, 5.41) is 4.84. The van der Waals surface area contributed by atoms with E-state index >= 15 is 0 Å². The van der Waals surface area contributed by atoms with Crippen LogP contribution in [0.5, 0.6) is 0 Å². The van der Waals surface area contributed by atoms with E-state index in [4.69, 9.17) is 0 Å². The molecule has 1 fully saturated rings. The van der Waals surface area contributed by atoms with Crippen LogP contribution in [0.1, 0.15) is 12.8 Å². The average Bonchev–Trinajstić information content (AvgIpc) is 2.53. The summed E-state index contributed by atoms with van der Waals surface area (Å²) in [5.74, 6) is 0.366. The maximum Gasteiger partial charge on any atom is 0.241 e. The van der Waals surface area contributed by atoms with Crippen molar-refractivity contribution in [3.05, 3.63) is 36.7 Å². The molecule has 3 rings (SSSR count). The summed E-state index contributed by atoms with van der Waals surface area (Å²) in [4.78, 5) is 4.36. The van der Waals surface area contributed by atoms with Gasteiger partial charge in [-0.25, -0.2) is 13.1 Å². The molecule has 2 N–H and O–H groups in total. The van der Waals surface area contributed by atoms with Crippen LogP contribution in [-0.2, 0) is 10.0 Å². The minimum atomic E-state index is -3.49. The second-order valence-corrected chi connectivity index (χ2v) is 7.15. The SMILES string of the molecule is O=S(=O)(NC[C@@H]1CCCNC1)c1cccc2cnccc12. The highest BCUT2D eigenvalue weighted by molar-refractivity contribution is 7.89. The van der Waals surface area contributed by atoms with Crippen molar-refractivity contribution >= 4 is 20.8 Å². The number of sulfonamides is 1. The molecule has 2 aromatic rings. The first-order valence-corrected chi connectivity index (χ1v) is 8.68. The van der Waals surface area contributed by atoms with Crippen LogP contribution in [0.15, 0.2) is 41.6 Å². The van der Waals surface area contributed by atoms with Crippen LogP contribution < -0.4 is 10.0 Å². The maximum absolute atomic E-state index is 12.5. The molecule has 1 aromatic carbocycles. The first kappa shape index (κ1) is 14.4. The van der Waals surface area contributed by atoms with Crippen molar-refractivity contribution in [1.82, 2.24) is 15.0 Å². The lowest BCUT2D eigenvalue weighted by atomic mass is 10.0. The van der Waals surface area contributed by atoms with E-state index in [-0.39, 0.29) is 0 Å². The van der Waals surface area contributed by atoms with Gasteiger partial charge in [-0.15, -0.1) is 0 Å². The number of fused-ring (bicyclic) bond motifs is 1. The average molecular weight is 305 g/mol. The molecule has 1 saturated heterocycles. The molecule has 2 heterocycles. The number of rotatable bonds is 4. The Bertz CT molecular complexity index is 719. The molecule has 1 aromatic heterocycles. The molecule has 0 radical (unpaired) electrons. The molecule has 1 aliphatic heterocycles. The largest absolute Gasteiger partial charge is 0.316 e. The van der Waals surface area contributed by atoms with Gasteiger partial charge in [-0.1, -0.05) is 12.1 Å². The monoisotopic (exact) mass is 305 g/mol. The molecule has 0 unspecified atom stereocenters. The van der Waals surface area contributed by atoms with Crippen LogP contribution in [0.4, 0.5) is 0 Å². The Morgan fingerprint density at radius 2 is 2.24 bits per heavy atom. The van der Waals surface area contributed by atoms with E-state index in [2.05, 4.69) is 15.0 Å². The van der Waals surface area contributed by atoms with Gasteiger partial charge in [-0.05, 0) is 44.0 Å². The number of aromatic nitrogens is 1. The second kappa shape index (κ2) is 6.09. The van der Waals surface area contributed by atoms with Crippen LogP contribution in [0.2, 0.25) is 0 Å². The third-order valence-electron chi connectivity index (χ3n) is 3.89. The van der Waals surface area contributed by atoms with E-state index in [9.17, 15) is 8.42 Å². The lowest BCUT2D eigenvalue weighted by molar-refractivity contribution is 0.376. The van der Waals surface area contributed by atoms with Crippen molar-refractivity contribution in [2.75, 3.05) is 19.6 Å². The summed E-state index contributed by atoms with van der Waals surface area (Å²) in [5.41, 5.74) is 0. The van der Waals surface area contributed by atoms with Gasteiger partial charge in [-0.2, -0.15) is 0 Å². The molecular formula is C15H19N3O2S. The standard InChI is InChI=1S/C15H19N3O2S/c19-21(20,18-10-12-3-2-7-16-9-12)15-5-1-4-13-11-17-8-6-14(13)15/h1,4-6,8,11-12,16,18H,2-3,7,9-10H2/t12-/m1/s1. The van der Waals surface area contributed by atoms with Crippen molar-refractivity contribution in [2.24, 2.45) is 5.92 Å². The quantitative estimate of drug-likeness (QED) is 0.898. The summed E-state index contributed by atoms with van der Waals surface area (Å²) in [6.45, 7) is 2.39. The first-order chi connectivity index (χ1) is 10.2. The fourth-order valence-corrected chi connectivity index (χ4v) is 4.07. The predicted octanol–water partition coefficient (Wildman–Crippen LogP) is 1.51. The van der Waals surface area contributed by atoms with Crippen LogP contribution >= 0.6 is 0 Å². The number of pyridine rings is 1. The summed E-state index contributed by atoms with van der Waals surface area (Å²) in [6, 6.07) is 7.00. The molecule has 0 bridgehead atoms. The molecule has 0 saturated carbocycles. The number of hydrogen-bond acceptors (Lipinski definition) is 4. The van der Waals surface area contributed by atoms with Crippen LogP contribution in [0.25, 0.3) is 10.8 Å². The van der Waals surface area contributed by atoms with E-state index in [1.165, 1.54) is 0 Å². The van der Waals surface area contributed by atoms with E-state index in [0.717, 1.165) is 31.3 Å². The number of hydrogen-bond donors (Lipinski definition) is 2. The van der Waals surface area contributed by atoms with E-state index in [1.807, 2.05) is 6.07 Å². The summed E-state index contributed by atoms with van der Waals surface area (Å²) in [6.07, 6.45) is 5.47. The van der Waals surface area contributed by atoms with E-state index in [1.54, 1.807) is 30.6 Å². The number of nitrogens with zero attached hydrogens (tertiary/aromatic N) is 1. The normalized spacial score (nSPS) is 19.7. The summed E-state index contributed by atoms with van der Waals surface area (Å²) >= 11 is 0. The Morgan fingerprint density at radius 3 is 3.05 bits per heavy atom. The van der Waals surface area contributed by atoms with Gasteiger partial charge in [0, 0.05) is 29.7 Å². The first-order valence-electron chi connectivity index (χ1n) is 7.20. The molecule has 112 valence electrons. The third kappa shape index (κ3) is 3.23. The molecular weight excluding hydrogens is 286 g/mol. The predicted molar refractivity (Wildman–Crippen MR) is 82.5 cm³/mol. The Kier molecular flexibility index (Phi) is 4.19. The summed E-state index contributed by atoms with van der Waals surface area (Å²) < 4.78 is 27.8. The van der Waals surface area contributed by atoms with Crippen molar-refractivity contribution in [3.63, 3.8) is 0 Å². The smallest absolute Gasteiger partial charge is 0.241 e. The van der Waals surface area contributed by atoms with Crippen molar-refractivity contribution in [2.45, 2.75) is 17.7 Å². The minimum Gasteiger partial charge on any atom is -0.316 e. The van der Waals surface area contributed by atoms with Gasteiger partial charge < -0.3 is 5.32 Å². The fraction of sp³-hybridized carbons (Fsp3) is 0.400. The molecule has 21 heavy (non-hydrogen) atoms. The van der Waals surface area contributed by atoms with Gasteiger partial charge in [0.2, 0.25) is 10.0 Å². The zero-order chi connectivity index (χ0) is 14.7. The van der Waals surface area contributed by atoms with Crippen LogP contribution in [0.3, 0.4) is 0 Å². The second-order valence-electron chi connectivity index (χ2n) is 5.42. The van der Waals surface area contributed by atoms with Crippen LogP contribution in [0, 0.1) is 5.92 Å². The molecule has 0 aliphatic carbocycles. The third-order valence-corrected chi connectivity index (χ3v) is 5.37. The lowest BCUT2D eigenvalue weighted by Gasteiger charge is -2.23. The molecule has 1 atom stereocenters. The topological polar surface area (TPSA) is 71.1 Å².